The van der Waals surface area contributed by atoms with Gasteiger partial charge in [0.05, 0.1) is 11.9 Å². The molecule has 1 aliphatic heterocycles. The van der Waals surface area contributed by atoms with Crippen LogP contribution in [0.2, 0.25) is 0 Å². The molecule has 0 bridgehead atoms. The number of nitrogens with one attached hydrogen (secondary N) is 1. The van der Waals surface area contributed by atoms with Crippen LogP contribution in [-0.2, 0) is 0 Å². The second kappa shape index (κ2) is 4.80. The van der Waals surface area contributed by atoms with Crippen molar-refractivity contribution in [2.45, 2.75) is 6.42 Å². The van der Waals surface area contributed by atoms with Crippen LogP contribution in [0, 0.1) is 11.8 Å². The monoisotopic (exact) mass is 320 g/mol. The molecule has 1 aromatic carbocycles. The Morgan fingerprint density at radius 2 is 2.12 bits per heavy atom. The summed E-state index contributed by atoms with van der Waals surface area (Å²) >= 11 is 0. The Hall–Kier alpha value is -2.89. The van der Waals surface area contributed by atoms with Gasteiger partial charge >= 0.3 is 5.97 Å². The van der Waals surface area contributed by atoms with E-state index >= 15 is 0 Å². The number of aromatic carboxylic acids is 1. The molecular formula is C18H16N4O2. The van der Waals surface area contributed by atoms with Crippen LogP contribution in [0.4, 0.5) is 5.69 Å². The summed E-state index contributed by atoms with van der Waals surface area (Å²) in [4.78, 5) is 25.4. The first-order valence-corrected chi connectivity index (χ1v) is 8.12. The highest BCUT2D eigenvalue weighted by atomic mass is 16.4. The van der Waals surface area contributed by atoms with Crippen molar-refractivity contribution in [3.05, 3.63) is 42.2 Å². The third-order valence-electron chi connectivity index (χ3n) is 5.10. The Balaban J connectivity index is 1.54. The highest BCUT2D eigenvalue weighted by Crippen LogP contribution is 2.46. The first kappa shape index (κ1) is 13.5. The lowest BCUT2D eigenvalue weighted by molar-refractivity contribution is 0.0699. The number of fused-ring (bicyclic) bond motifs is 2. The van der Waals surface area contributed by atoms with Crippen molar-refractivity contribution < 1.29 is 9.90 Å². The standard InChI is InChI=1S/C18H16N4O2/c23-18(24)14-6-19-17-16(14)21-15(7-20-17)10-2-1-3-13(5-10)22-8-11-4-12(11)9-22/h1-3,5-7,11-12H,4,8-9H2,(H,19,20)(H,23,24). The van der Waals surface area contributed by atoms with Gasteiger partial charge in [-0.1, -0.05) is 12.1 Å². The van der Waals surface area contributed by atoms with Crippen LogP contribution < -0.4 is 4.90 Å². The van der Waals surface area contributed by atoms with Crippen LogP contribution >= 0.6 is 0 Å². The van der Waals surface area contributed by atoms with Crippen molar-refractivity contribution in [2.24, 2.45) is 11.8 Å². The molecule has 24 heavy (non-hydrogen) atoms. The zero-order valence-electron chi connectivity index (χ0n) is 12.9. The van der Waals surface area contributed by atoms with Gasteiger partial charge in [0, 0.05) is 30.5 Å². The molecular weight excluding hydrogens is 304 g/mol. The maximum absolute atomic E-state index is 11.3. The Morgan fingerprint density at radius 3 is 2.92 bits per heavy atom. The molecule has 2 atom stereocenters. The summed E-state index contributed by atoms with van der Waals surface area (Å²) in [7, 11) is 0. The number of nitrogens with zero attached hydrogens (tertiary/aromatic N) is 3. The zero-order valence-corrected chi connectivity index (χ0v) is 12.9. The quantitative estimate of drug-likeness (QED) is 0.775. The van der Waals surface area contributed by atoms with Crippen molar-refractivity contribution >= 4 is 22.8 Å². The maximum atomic E-state index is 11.3. The minimum atomic E-state index is -1.00. The van der Waals surface area contributed by atoms with Gasteiger partial charge in [0.25, 0.3) is 0 Å². The molecule has 1 saturated heterocycles. The predicted molar refractivity (Wildman–Crippen MR) is 90.1 cm³/mol. The molecule has 0 spiro atoms. The lowest BCUT2D eigenvalue weighted by atomic mass is 10.1. The van der Waals surface area contributed by atoms with E-state index in [0.717, 1.165) is 30.5 Å². The Labute approximate surface area is 138 Å². The molecule has 1 saturated carbocycles. The molecule has 3 heterocycles. The van der Waals surface area contributed by atoms with Gasteiger partial charge in [0.15, 0.2) is 5.65 Å². The van der Waals surface area contributed by atoms with E-state index in [0.29, 0.717) is 16.9 Å². The Bertz CT molecular complexity index is 955. The molecule has 1 aliphatic carbocycles. The molecule has 6 nitrogen and oxygen atoms in total. The Morgan fingerprint density at radius 1 is 1.29 bits per heavy atom. The van der Waals surface area contributed by atoms with Crippen LogP contribution in [-0.4, -0.2) is 39.1 Å². The van der Waals surface area contributed by atoms with Gasteiger partial charge in [0.2, 0.25) is 0 Å². The summed E-state index contributed by atoms with van der Waals surface area (Å²) in [5, 5.41) is 9.26. The molecule has 2 N–H and O–H groups in total. The van der Waals surface area contributed by atoms with Crippen molar-refractivity contribution in [3.8, 4) is 11.3 Å². The van der Waals surface area contributed by atoms with E-state index in [4.69, 9.17) is 0 Å². The number of hydrogen-bond acceptors (Lipinski definition) is 4. The van der Waals surface area contributed by atoms with Crippen molar-refractivity contribution in [1.82, 2.24) is 15.0 Å². The maximum Gasteiger partial charge on any atom is 0.339 e. The fourth-order valence-electron chi connectivity index (χ4n) is 3.66. The Kier molecular flexibility index (Phi) is 2.71. The minimum Gasteiger partial charge on any atom is -0.478 e. The zero-order chi connectivity index (χ0) is 16.3. The number of carboxylic acid groups (broad SMARTS) is 1. The van der Waals surface area contributed by atoms with E-state index in [1.807, 2.05) is 12.1 Å². The molecule has 2 aliphatic rings. The van der Waals surface area contributed by atoms with Crippen molar-refractivity contribution in [2.75, 3.05) is 18.0 Å². The molecule has 120 valence electrons. The van der Waals surface area contributed by atoms with Gasteiger partial charge in [-0.2, -0.15) is 0 Å². The summed E-state index contributed by atoms with van der Waals surface area (Å²) in [5.74, 6) is 0.753. The van der Waals surface area contributed by atoms with Gasteiger partial charge in [-0.05, 0) is 30.4 Å². The lowest BCUT2D eigenvalue weighted by Gasteiger charge is -2.20. The number of carbonyl (C=O) groups is 1. The van der Waals surface area contributed by atoms with Gasteiger partial charge in [-0.25, -0.2) is 14.8 Å². The fourth-order valence-corrected chi connectivity index (χ4v) is 3.66. The average Bonchev–Trinajstić information content (AvgIpc) is 3.03. The SMILES string of the molecule is O=C(O)c1c[nH]c2ncc(-c3cccc(N4CC5CC5C4)c3)nc12. The van der Waals surface area contributed by atoms with Gasteiger partial charge in [0.1, 0.15) is 11.1 Å². The van der Waals surface area contributed by atoms with Crippen molar-refractivity contribution in [3.63, 3.8) is 0 Å². The number of aromatic nitrogens is 3. The number of piperidine rings is 1. The number of carboxylic acids is 1. The molecule has 5 rings (SSSR count). The normalized spacial score (nSPS) is 21.9. The third-order valence-corrected chi connectivity index (χ3v) is 5.10. The van der Waals surface area contributed by atoms with E-state index in [1.165, 1.54) is 18.3 Å². The highest BCUT2D eigenvalue weighted by Gasteiger charge is 2.45. The van der Waals surface area contributed by atoms with E-state index in [1.54, 1.807) is 6.20 Å². The summed E-state index contributed by atoms with van der Waals surface area (Å²) in [5.41, 5.74) is 3.89. The molecule has 3 aromatic rings. The second-order valence-electron chi connectivity index (χ2n) is 6.67. The molecule has 2 aromatic heterocycles. The number of H-pyrrole nitrogens is 1. The summed E-state index contributed by atoms with van der Waals surface area (Å²) < 4.78 is 0. The summed E-state index contributed by atoms with van der Waals surface area (Å²) in [6.45, 7) is 2.28. The largest absolute Gasteiger partial charge is 0.478 e. The van der Waals surface area contributed by atoms with Crippen LogP contribution in [0.15, 0.2) is 36.7 Å². The first-order valence-electron chi connectivity index (χ1n) is 8.12. The van der Waals surface area contributed by atoms with Crippen molar-refractivity contribution in [1.29, 1.82) is 0 Å². The number of benzene rings is 1. The van der Waals surface area contributed by atoms with Crippen LogP contribution in [0.5, 0.6) is 0 Å². The average molecular weight is 320 g/mol. The molecule has 2 fully saturated rings. The summed E-state index contributed by atoms with van der Waals surface area (Å²) in [6.07, 6.45) is 4.50. The smallest absolute Gasteiger partial charge is 0.339 e. The fraction of sp³-hybridized carbons (Fsp3) is 0.278. The van der Waals surface area contributed by atoms with E-state index in [2.05, 4.69) is 32.0 Å². The van der Waals surface area contributed by atoms with E-state index < -0.39 is 5.97 Å². The van der Waals surface area contributed by atoms with Gasteiger partial charge in [-0.3, -0.25) is 0 Å². The topological polar surface area (TPSA) is 82.1 Å². The van der Waals surface area contributed by atoms with Gasteiger partial charge in [-0.15, -0.1) is 0 Å². The summed E-state index contributed by atoms with van der Waals surface area (Å²) in [6, 6.07) is 8.26. The van der Waals surface area contributed by atoms with Crippen LogP contribution in [0.3, 0.4) is 0 Å². The van der Waals surface area contributed by atoms with Gasteiger partial charge < -0.3 is 15.0 Å². The first-order chi connectivity index (χ1) is 11.7. The molecule has 0 radical (unpaired) electrons. The van der Waals surface area contributed by atoms with Crippen LogP contribution in [0.1, 0.15) is 16.8 Å². The minimum absolute atomic E-state index is 0.148. The second-order valence-corrected chi connectivity index (χ2v) is 6.67. The number of rotatable bonds is 3. The number of hydrogen-bond donors (Lipinski definition) is 2. The molecule has 2 unspecified atom stereocenters. The molecule has 0 amide bonds. The number of aromatic amines is 1. The molecule has 6 heteroatoms. The highest BCUT2D eigenvalue weighted by molar-refractivity contribution is 6.00. The van der Waals surface area contributed by atoms with E-state index in [-0.39, 0.29) is 5.56 Å². The predicted octanol–water partition coefficient (Wildman–Crippen LogP) is 2.78. The van der Waals surface area contributed by atoms with E-state index in [9.17, 15) is 9.90 Å². The van der Waals surface area contributed by atoms with Crippen LogP contribution in [0.25, 0.3) is 22.4 Å². The number of anilines is 1. The third kappa shape index (κ3) is 2.06. The lowest BCUT2D eigenvalue weighted by Crippen LogP contribution is -2.21.